The van der Waals surface area contributed by atoms with Crippen LogP contribution in [-0.4, -0.2) is 13.7 Å². The largest absolute Gasteiger partial charge is 0.456 e. The smallest absolute Gasteiger partial charge is 0.137 e. The van der Waals surface area contributed by atoms with Crippen molar-refractivity contribution in [3.05, 3.63) is 506 Å². The van der Waals surface area contributed by atoms with Crippen molar-refractivity contribution in [3.8, 4) is 50.4 Å². The summed E-state index contributed by atoms with van der Waals surface area (Å²) in [6, 6.07) is 156. The van der Waals surface area contributed by atoms with Gasteiger partial charge in [-0.1, -0.05) is 272 Å². The zero-order chi connectivity index (χ0) is 98.6. The number of furan rings is 3. The van der Waals surface area contributed by atoms with Crippen LogP contribution in [0, 0.1) is 17.5 Å². The Morgan fingerprint density at radius 2 is 0.483 bits per heavy atom. The van der Waals surface area contributed by atoms with Crippen LogP contribution in [-0.2, 0) is 16.2 Å². The van der Waals surface area contributed by atoms with Gasteiger partial charge in [0, 0.05) is 110 Å². The summed E-state index contributed by atoms with van der Waals surface area (Å²) < 4.78 is 68.0. The topological polar surface area (TPSA) is 63.9 Å². The monoisotopic (exact) mass is 1900 g/mol. The summed E-state index contributed by atoms with van der Waals surface area (Å²) in [5.74, 6) is -0.740. The molecule has 12 heteroatoms. The Kier molecular flexibility index (Phi) is 19.5. The Hall–Kier alpha value is -18.4. The minimum absolute atomic E-state index is 0.0862. The summed E-state index contributed by atoms with van der Waals surface area (Å²) >= 11 is 0. The van der Waals surface area contributed by atoms with Crippen molar-refractivity contribution in [2.75, 3.05) is 14.7 Å². The van der Waals surface area contributed by atoms with Crippen LogP contribution in [0.25, 0.3) is 182 Å². The molecule has 0 radical (unpaired) electrons. The van der Waals surface area contributed by atoms with Crippen LogP contribution in [0.1, 0.15) is 74.9 Å². The lowest BCUT2D eigenvalue weighted by molar-refractivity contribution is 0.627. The zero-order valence-electron chi connectivity index (χ0n) is 81.3. The molecule has 702 valence electrons. The molecule has 0 fully saturated rings. The highest BCUT2D eigenvalue weighted by Crippen LogP contribution is 2.60. The van der Waals surface area contributed by atoms with E-state index < -0.39 is 0 Å². The van der Waals surface area contributed by atoms with E-state index >= 15 is 0 Å². The summed E-state index contributed by atoms with van der Waals surface area (Å²) in [5, 5.41) is 13.3. The van der Waals surface area contributed by atoms with E-state index in [1.54, 1.807) is 0 Å². The predicted molar refractivity (Wildman–Crippen MR) is 601 cm³/mol. The molecule has 3 aliphatic carbocycles. The Balaban J connectivity index is 0.000000107. The fourth-order valence-electron chi connectivity index (χ4n) is 24.7. The highest BCUT2D eigenvalue weighted by Gasteiger charge is 2.42. The Morgan fingerprint density at radius 1 is 0.197 bits per heavy atom. The van der Waals surface area contributed by atoms with Crippen molar-refractivity contribution in [2.45, 2.75) is 57.8 Å². The first-order chi connectivity index (χ1) is 71.9. The van der Waals surface area contributed by atoms with Gasteiger partial charge in [0.15, 0.2) is 0 Å². The Labute approximate surface area is 845 Å². The Bertz CT molecular complexity index is 10100. The van der Waals surface area contributed by atoms with Crippen molar-refractivity contribution in [3.63, 3.8) is 0 Å². The van der Waals surface area contributed by atoms with Gasteiger partial charge in [-0.2, -0.15) is 0 Å². The normalized spacial score (nSPS) is 13.4. The van der Waals surface area contributed by atoms with Gasteiger partial charge < -0.3 is 41.7 Å². The zero-order valence-corrected chi connectivity index (χ0v) is 81.3. The maximum Gasteiger partial charge on any atom is 0.137 e. The molecule has 6 aromatic heterocycles. The number of anilines is 9. The second-order valence-electron chi connectivity index (χ2n) is 40.5. The molecule has 0 spiro atoms. The molecule has 3 aliphatic rings. The minimum atomic E-state index is -0.247. The van der Waals surface area contributed by atoms with Gasteiger partial charge in [0.2, 0.25) is 0 Å². The van der Waals surface area contributed by atoms with Crippen LogP contribution >= 0.6 is 0 Å². The van der Waals surface area contributed by atoms with E-state index in [1.807, 2.05) is 72.8 Å². The number of para-hydroxylation sites is 6. The van der Waals surface area contributed by atoms with E-state index in [0.717, 1.165) is 199 Å². The molecule has 30 rings (SSSR count). The van der Waals surface area contributed by atoms with E-state index in [4.69, 9.17) is 13.3 Å². The van der Waals surface area contributed by atoms with Gasteiger partial charge in [-0.05, 0) is 286 Å². The summed E-state index contributed by atoms with van der Waals surface area (Å²) in [5.41, 5.74) is 39.1. The molecular weight excluding hydrogens is 1810 g/mol. The molecule has 21 aromatic carbocycles. The molecule has 0 saturated carbocycles. The Morgan fingerprint density at radius 3 is 0.932 bits per heavy atom. The van der Waals surface area contributed by atoms with Gasteiger partial charge in [0.25, 0.3) is 0 Å². The minimum Gasteiger partial charge on any atom is -0.456 e. The van der Waals surface area contributed by atoms with Crippen LogP contribution in [0.2, 0.25) is 0 Å². The number of hydrogen-bond acceptors (Lipinski definition) is 6. The molecule has 0 amide bonds. The first-order valence-electron chi connectivity index (χ1n) is 50.1. The van der Waals surface area contributed by atoms with Gasteiger partial charge in [-0.3, -0.25) is 0 Å². The third-order valence-corrected chi connectivity index (χ3v) is 31.3. The van der Waals surface area contributed by atoms with E-state index in [2.05, 4.69) is 416 Å². The SMILES string of the molecule is CC1(C)c2ccccc2-c2c(N(c3ccc4c(c3)c3ccccc3n4-c3ccc(F)cc3)c3cccc4oc5ccccc5c34)cccc21.CC1(C)c2ccccc2-c2cc(N(c3ccc4c(c3)c3ccccc3n4-c3ccc(F)cc3)c3cccc4oc5ccccc5c34)ccc21.CC1(C)c2ccccc2-c2cccc(N(c3ccc4c(c3)c3ccccc3n4-c3ccc(F)cc3)c3cccc4oc5ccccc5c34)c21. The van der Waals surface area contributed by atoms with Gasteiger partial charge in [-0.15, -0.1) is 0 Å². The molecule has 0 bridgehead atoms. The summed E-state index contributed by atoms with van der Waals surface area (Å²) in [6.07, 6.45) is 0. The average molecular weight is 1900 g/mol. The van der Waals surface area contributed by atoms with E-state index in [9.17, 15) is 13.2 Å². The second-order valence-corrected chi connectivity index (χ2v) is 40.5. The third kappa shape index (κ3) is 13.3. The van der Waals surface area contributed by atoms with E-state index in [0.29, 0.717) is 0 Å². The lowest BCUT2D eigenvalue weighted by Crippen LogP contribution is -2.20. The fourth-order valence-corrected chi connectivity index (χ4v) is 24.7. The number of benzene rings is 21. The standard InChI is InChI=1S/3C45H31FN2O/c1-45(2)35-14-6-3-12-32(35)43-36(45)15-9-17-39(43)48(40-18-10-20-42-44(40)33-13-5-8-19-41(33)49-42)30-25-26-38-34(27-30)31-11-4-7-16-37(31)47(38)29-23-21-28(46)22-24-29;1-45(2)36-15-6-3-11-31(36)33-14-9-18-40(44(33)45)48(39-17-10-20-42-43(39)34-13-5-8-19-41(34)49-42)30-25-26-38-35(27-30)32-12-4-7-16-37(32)47(38)29-23-21-28(46)22-24-29;1-45(2)37-13-6-3-10-32(37)35-26-30(22-24-38(35)45)47(41-15-9-17-43-44(41)34-12-5-8-16-42(34)49-43)31-23-25-40-36(27-31)33-11-4-7-14-39(33)48(40)29-20-18-28(46)19-21-29/h3*3-27H,1-2H3. The van der Waals surface area contributed by atoms with Crippen LogP contribution in [0.4, 0.5) is 64.4 Å². The number of halogens is 3. The maximum absolute atomic E-state index is 14.0. The van der Waals surface area contributed by atoms with Gasteiger partial charge in [0.1, 0.15) is 50.9 Å². The highest BCUT2D eigenvalue weighted by atomic mass is 19.1. The molecular formula is C135H93F3N6O3. The first kappa shape index (κ1) is 86.5. The molecule has 0 aliphatic heterocycles. The molecule has 9 nitrogen and oxygen atoms in total. The van der Waals surface area contributed by atoms with Gasteiger partial charge in [0.05, 0.1) is 77.7 Å². The fraction of sp³-hybridized carbons (Fsp3) is 0.0667. The van der Waals surface area contributed by atoms with Crippen molar-refractivity contribution in [1.29, 1.82) is 0 Å². The van der Waals surface area contributed by atoms with Crippen molar-refractivity contribution >= 4 is 182 Å². The van der Waals surface area contributed by atoms with Crippen LogP contribution < -0.4 is 14.7 Å². The van der Waals surface area contributed by atoms with Crippen molar-refractivity contribution in [2.24, 2.45) is 0 Å². The number of hydrogen-bond donors (Lipinski definition) is 0. The summed E-state index contributed by atoms with van der Waals surface area (Å²) in [4.78, 5) is 7.23. The summed E-state index contributed by atoms with van der Waals surface area (Å²) in [7, 11) is 0. The molecule has 0 N–H and O–H groups in total. The number of nitrogens with zero attached hydrogens (tertiary/aromatic N) is 6. The molecule has 0 unspecified atom stereocenters. The van der Waals surface area contributed by atoms with Gasteiger partial charge in [-0.25, -0.2) is 13.2 Å². The molecule has 27 aromatic rings. The van der Waals surface area contributed by atoms with Crippen molar-refractivity contribution in [1.82, 2.24) is 13.7 Å². The van der Waals surface area contributed by atoms with Gasteiger partial charge >= 0.3 is 0 Å². The van der Waals surface area contributed by atoms with E-state index in [-0.39, 0.29) is 33.7 Å². The predicted octanol–water partition coefficient (Wildman–Crippen LogP) is 37.8. The third-order valence-electron chi connectivity index (χ3n) is 31.3. The molecule has 6 heterocycles. The number of fused-ring (bicyclic) bond motifs is 27. The lowest BCUT2D eigenvalue weighted by atomic mass is 9.81. The number of aromatic nitrogens is 3. The maximum atomic E-state index is 14.0. The molecule has 0 saturated heterocycles. The lowest BCUT2D eigenvalue weighted by Gasteiger charge is -2.32. The van der Waals surface area contributed by atoms with Crippen LogP contribution in [0.3, 0.4) is 0 Å². The first-order valence-corrected chi connectivity index (χ1v) is 50.1. The molecule has 147 heavy (non-hydrogen) atoms. The average Bonchev–Trinajstić information content (AvgIpc) is 1.56. The van der Waals surface area contributed by atoms with E-state index in [1.165, 1.54) is 103 Å². The summed E-state index contributed by atoms with van der Waals surface area (Å²) in [6.45, 7) is 14.0. The molecule has 0 atom stereocenters. The van der Waals surface area contributed by atoms with Crippen LogP contribution in [0.15, 0.2) is 468 Å². The van der Waals surface area contributed by atoms with Crippen molar-refractivity contribution < 1.29 is 26.4 Å². The quantitative estimate of drug-likeness (QED) is 0.121. The highest BCUT2D eigenvalue weighted by molar-refractivity contribution is 6.20. The number of rotatable bonds is 12. The van der Waals surface area contributed by atoms with Crippen LogP contribution in [0.5, 0.6) is 0 Å². The second kappa shape index (κ2) is 33.1.